The molecule has 0 unspecified atom stereocenters. The van der Waals surface area contributed by atoms with Crippen LogP contribution in [0.5, 0.6) is 11.5 Å². The number of aromatic nitrogens is 2. The molecule has 0 bridgehead atoms. The molecule has 3 aromatic carbocycles. The summed E-state index contributed by atoms with van der Waals surface area (Å²) < 4.78 is 17.5. The van der Waals surface area contributed by atoms with Crippen LogP contribution in [0.2, 0.25) is 0 Å². The fourth-order valence-electron chi connectivity index (χ4n) is 3.98. The average Bonchev–Trinajstić information content (AvgIpc) is 3.15. The molecule has 0 radical (unpaired) electrons. The molecule has 0 saturated heterocycles. The van der Waals surface area contributed by atoms with E-state index in [1.54, 1.807) is 0 Å². The molecule has 0 aliphatic rings. The number of aromatic amines is 1. The molecular formula is C27H28N2O6. The Labute approximate surface area is 202 Å². The number of aliphatic hydroxyl groups is 1. The molecular weight excluding hydrogens is 448 g/mol. The van der Waals surface area contributed by atoms with Gasteiger partial charge in [0.25, 0.3) is 0 Å². The second-order valence-corrected chi connectivity index (χ2v) is 8.34. The van der Waals surface area contributed by atoms with Crippen LogP contribution in [0.15, 0.2) is 74.8 Å². The molecule has 182 valence electrons. The molecule has 4 aromatic rings. The third-order valence-corrected chi connectivity index (χ3v) is 5.58. The highest BCUT2D eigenvalue weighted by Gasteiger charge is 2.10. The highest BCUT2D eigenvalue weighted by molar-refractivity contribution is 5.72. The van der Waals surface area contributed by atoms with Gasteiger partial charge in [-0.1, -0.05) is 30.3 Å². The third kappa shape index (κ3) is 6.10. The van der Waals surface area contributed by atoms with E-state index in [0.29, 0.717) is 25.4 Å². The summed E-state index contributed by atoms with van der Waals surface area (Å²) in [6.45, 7) is 5.30. The number of rotatable bonds is 10. The lowest BCUT2D eigenvalue weighted by atomic mass is 9.94. The average molecular weight is 477 g/mol. The SMILES string of the molecule is Cc1cc(OCCCO)cc(C)c1-c1cccc(COc2ccc(Cn3oc(=O)[nH]c3=O)cc2)c1. The van der Waals surface area contributed by atoms with E-state index in [0.717, 1.165) is 43.9 Å². The predicted molar refractivity (Wildman–Crippen MR) is 132 cm³/mol. The predicted octanol–water partition coefficient (Wildman–Crippen LogP) is 3.80. The monoisotopic (exact) mass is 476 g/mol. The number of aryl methyl sites for hydroxylation is 2. The smallest absolute Gasteiger partial charge is 0.440 e. The van der Waals surface area contributed by atoms with E-state index in [1.807, 2.05) is 48.5 Å². The Balaban J connectivity index is 1.42. The molecule has 0 spiro atoms. The van der Waals surface area contributed by atoms with Gasteiger partial charge in [0, 0.05) is 13.0 Å². The van der Waals surface area contributed by atoms with Crippen LogP contribution in [0, 0.1) is 13.8 Å². The first kappa shape index (κ1) is 24.1. The summed E-state index contributed by atoms with van der Waals surface area (Å²) in [5.74, 6) is 0.729. The van der Waals surface area contributed by atoms with Crippen molar-refractivity contribution >= 4 is 0 Å². The molecule has 0 fully saturated rings. The van der Waals surface area contributed by atoms with Gasteiger partial charge in [-0.05, 0) is 77.6 Å². The largest absolute Gasteiger partial charge is 0.493 e. The van der Waals surface area contributed by atoms with Crippen molar-refractivity contribution in [2.75, 3.05) is 13.2 Å². The Hall–Kier alpha value is -4.04. The van der Waals surface area contributed by atoms with Crippen molar-refractivity contribution in [3.05, 3.63) is 104 Å². The molecule has 35 heavy (non-hydrogen) atoms. The Morgan fingerprint density at radius 2 is 1.66 bits per heavy atom. The van der Waals surface area contributed by atoms with Gasteiger partial charge >= 0.3 is 11.4 Å². The lowest BCUT2D eigenvalue weighted by Crippen LogP contribution is -2.17. The molecule has 4 rings (SSSR count). The van der Waals surface area contributed by atoms with E-state index in [2.05, 4.69) is 31.0 Å². The van der Waals surface area contributed by atoms with Crippen LogP contribution < -0.4 is 20.9 Å². The van der Waals surface area contributed by atoms with Crippen LogP contribution in [-0.4, -0.2) is 28.0 Å². The number of H-pyrrole nitrogens is 1. The minimum atomic E-state index is -0.773. The molecule has 1 aromatic heterocycles. The Morgan fingerprint density at radius 1 is 0.914 bits per heavy atom. The van der Waals surface area contributed by atoms with Crippen molar-refractivity contribution in [3.63, 3.8) is 0 Å². The maximum absolute atomic E-state index is 11.6. The van der Waals surface area contributed by atoms with Crippen molar-refractivity contribution in [1.29, 1.82) is 0 Å². The number of nitrogens with one attached hydrogen (secondary N) is 1. The first-order valence-corrected chi connectivity index (χ1v) is 11.4. The lowest BCUT2D eigenvalue weighted by Gasteiger charge is -2.15. The van der Waals surface area contributed by atoms with E-state index in [9.17, 15) is 9.59 Å². The van der Waals surface area contributed by atoms with Gasteiger partial charge in [0.1, 0.15) is 18.1 Å². The summed E-state index contributed by atoms with van der Waals surface area (Å²) in [6, 6.07) is 19.6. The molecule has 2 N–H and O–H groups in total. The van der Waals surface area contributed by atoms with Crippen molar-refractivity contribution in [2.24, 2.45) is 0 Å². The van der Waals surface area contributed by atoms with Crippen molar-refractivity contribution in [1.82, 2.24) is 9.72 Å². The number of hydrogen-bond acceptors (Lipinski definition) is 6. The fourth-order valence-corrected chi connectivity index (χ4v) is 3.98. The lowest BCUT2D eigenvalue weighted by molar-refractivity contribution is 0.233. The number of benzene rings is 3. The normalized spacial score (nSPS) is 10.9. The minimum Gasteiger partial charge on any atom is -0.493 e. The summed E-state index contributed by atoms with van der Waals surface area (Å²) >= 11 is 0. The van der Waals surface area contributed by atoms with Gasteiger partial charge in [-0.25, -0.2) is 14.6 Å². The Bertz CT molecular complexity index is 1380. The molecule has 0 saturated carbocycles. The number of hydrogen-bond donors (Lipinski definition) is 2. The van der Waals surface area contributed by atoms with E-state index in [1.165, 1.54) is 0 Å². The first-order chi connectivity index (χ1) is 16.9. The van der Waals surface area contributed by atoms with E-state index in [4.69, 9.17) is 19.1 Å². The highest BCUT2D eigenvalue weighted by atomic mass is 16.5. The zero-order valence-corrected chi connectivity index (χ0v) is 19.7. The van der Waals surface area contributed by atoms with Crippen LogP contribution in [0.4, 0.5) is 0 Å². The molecule has 0 amide bonds. The Kier molecular flexibility index (Phi) is 7.52. The van der Waals surface area contributed by atoms with Crippen LogP contribution in [0.1, 0.15) is 28.7 Å². The molecule has 0 aliphatic carbocycles. The highest BCUT2D eigenvalue weighted by Crippen LogP contribution is 2.32. The third-order valence-electron chi connectivity index (χ3n) is 5.58. The molecule has 0 atom stereocenters. The van der Waals surface area contributed by atoms with Gasteiger partial charge in [-0.15, -0.1) is 4.74 Å². The quantitative estimate of drug-likeness (QED) is 0.337. The van der Waals surface area contributed by atoms with Crippen molar-refractivity contribution in [2.45, 2.75) is 33.4 Å². The van der Waals surface area contributed by atoms with Gasteiger partial charge in [0.15, 0.2) is 0 Å². The van der Waals surface area contributed by atoms with Gasteiger partial charge in [-0.2, -0.15) is 0 Å². The van der Waals surface area contributed by atoms with Gasteiger partial charge in [0.05, 0.1) is 13.2 Å². The van der Waals surface area contributed by atoms with Crippen molar-refractivity contribution < 1.29 is 19.1 Å². The topological polar surface area (TPSA) is 107 Å². The standard InChI is InChI=1S/C27H28N2O6/c1-18-13-24(33-12-4-11-30)14-19(2)25(18)22-6-3-5-21(15-22)17-34-23-9-7-20(8-10-23)16-29-26(31)28-27(32)35-29/h3,5-10,13-15,30H,4,11-12,16-17H2,1-2H3,(H,28,31,32). The zero-order valence-electron chi connectivity index (χ0n) is 19.7. The zero-order chi connectivity index (χ0) is 24.8. The van der Waals surface area contributed by atoms with E-state index < -0.39 is 11.4 Å². The maximum atomic E-state index is 11.6. The number of aliphatic hydroxyl groups excluding tert-OH is 1. The van der Waals surface area contributed by atoms with E-state index >= 15 is 0 Å². The number of nitrogens with zero attached hydrogens (tertiary/aromatic N) is 1. The van der Waals surface area contributed by atoms with Crippen molar-refractivity contribution in [3.8, 4) is 22.6 Å². The summed E-state index contributed by atoms with van der Waals surface area (Å²) in [5, 5.41) is 8.95. The summed E-state index contributed by atoms with van der Waals surface area (Å²) in [5.41, 5.74) is 5.77. The maximum Gasteiger partial charge on any atom is 0.440 e. The van der Waals surface area contributed by atoms with Gasteiger partial charge in [-0.3, -0.25) is 0 Å². The summed E-state index contributed by atoms with van der Waals surface area (Å²) in [4.78, 5) is 24.8. The van der Waals surface area contributed by atoms with Crippen LogP contribution >= 0.6 is 0 Å². The summed E-state index contributed by atoms with van der Waals surface area (Å²) in [6.07, 6.45) is 0.607. The number of ether oxygens (including phenoxy) is 2. The van der Waals surface area contributed by atoms with Gasteiger partial charge in [0.2, 0.25) is 0 Å². The molecule has 0 aliphatic heterocycles. The second-order valence-electron chi connectivity index (χ2n) is 8.34. The molecule has 8 nitrogen and oxygen atoms in total. The Morgan fingerprint density at radius 3 is 2.31 bits per heavy atom. The second kappa shape index (κ2) is 10.9. The molecule has 1 heterocycles. The first-order valence-electron chi connectivity index (χ1n) is 11.4. The fraction of sp³-hybridized carbons (Fsp3) is 0.259. The van der Waals surface area contributed by atoms with Crippen LogP contribution in [0.25, 0.3) is 11.1 Å². The van der Waals surface area contributed by atoms with Crippen LogP contribution in [0.3, 0.4) is 0 Å². The van der Waals surface area contributed by atoms with E-state index in [-0.39, 0.29) is 13.2 Å². The summed E-state index contributed by atoms with van der Waals surface area (Å²) in [7, 11) is 0. The molecule has 8 heteroatoms. The van der Waals surface area contributed by atoms with Crippen LogP contribution in [-0.2, 0) is 13.2 Å². The van der Waals surface area contributed by atoms with Gasteiger partial charge < -0.3 is 19.1 Å². The minimum absolute atomic E-state index is 0.115.